The molecule has 1 N–H and O–H groups in total. The van der Waals surface area contributed by atoms with Crippen LogP contribution < -0.4 is 10.2 Å². The number of nitrogens with zero attached hydrogens (tertiary/aromatic N) is 3. The van der Waals surface area contributed by atoms with Crippen molar-refractivity contribution in [2.24, 2.45) is 0 Å². The lowest BCUT2D eigenvalue weighted by Gasteiger charge is -2.35. The van der Waals surface area contributed by atoms with Gasteiger partial charge in [-0.1, -0.05) is 0 Å². The number of hydrogen-bond acceptors (Lipinski definition) is 4. The molecule has 4 heteroatoms. The summed E-state index contributed by atoms with van der Waals surface area (Å²) in [6, 6.07) is 3.38. The first-order valence-corrected chi connectivity index (χ1v) is 6.20. The van der Waals surface area contributed by atoms with Gasteiger partial charge in [-0.2, -0.15) is 0 Å². The van der Waals surface area contributed by atoms with E-state index in [9.17, 15) is 0 Å². The summed E-state index contributed by atoms with van der Waals surface area (Å²) in [6.07, 6.45) is 8.70. The molecule has 3 rings (SSSR count). The van der Waals surface area contributed by atoms with Crippen molar-refractivity contribution in [1.29, 1.82) is 0 Å². The van der Waals surface area contributed by atoms with Crippen LogP contribution in [0.3, 0.4) is 0 Å². The first-order chi connectivity index (χ1) is 7.95. The van der Waals surface area contributed by atoms with E-state index in [0.29, 0.717) is 6.04 Å². The minimum absolute atomic E-state index is 0.621. The lowest BCUT2D eigenvalue weighted by atomic mass is 10.1. The van der Waals surface area contributed by atoms with E-state index in [2.05, 4.69) is 20.2 Å². The lowest BCUT2D eigenvalue weighted by molar-refractivity contribution is 0.427. The highest BCUT2D eigenvalue weighted by Gasteiger charge is 2.35. The van der Waals surface area contributed by atoms with Crippen molar-refractivity contribution in [2.75, 3.05) is 18.0 Å². The first kappa shape index (κ1) is 10.0. The first-order valence-electron chi connectivity index (χ1n) is 6.20. The van der Waals surface area contributed by atoms with Gasteiger partial charge in [-0.3, -0.25) is 0 Å². The van der Waals surface area contributed by atoms with E-state index in [4.69, 9.17) is 0 Å². The average Bonchev–Trinajstić information content (AvgIpc) is 3.17. The molecule has 0 radical (unpaired) electrons. The normalized spacial score (nSPS) is 25.4. The fraction of sp³-hybridized carbons (Fsp3) is 0.667. The molecule has 1 saturated carbocycles. The number of nitrogens with one attached hydrogen (secondary N) is 1. The predicted octanol–water partition coefficient (Wildman–Crippen LogP) is 1.20. The number of rotatable bonds is 3. The Morgan fingerprint density at radius 2 is 2.19 bits per heavy atom. The SMILES string of the molecule is c1cc(N(C2CC2)C2CCCNC2)ncn1. The van der Waals surface area contributed by atoms with Crippen LogP contribution in [0, 0.1) is 0 Å². The number of anilines is 1. The number of piperidine rings is 1. The monoisotopic (exact) mass is 218 g/mol. The second-order valence-corrected chi connectivity index (χ2v) is 4.71. The molecule has 1 aliphatic carbocycles. The quantitative estimate of drug-likeness (QED) is 0.827. The molecule has 2 fully saturated rings. The zero-order valence-corrected chi connectivity index (χ0v) is 9.47. The van der Waals surface area contributed by atoms with Crippen molar-refractivity contribution in [3.8, 4) is 0 Å². The zero-order valence-electron chi connectivity index (χ0n) is 9.47. The maximum absolute atomic E-state index is 4.40. The third-order valence-corrected chi connectivity index (χ3v) is 3.44. The second kappa shape index (κ2) is 4.37. The van der Waals surface area contributed by atoms with Crippen molar-refractivity contribution in [1.82, 2.24) is 15.3 Å². The van der Waals surface area contributed by atoms with E-state index in [1.807, 2.05) is 12.3 Å². The van der Waals surface area contributed by atoms with Gasteiger partial charge in [-0.05, 0) is 38.3 Å². The Hall–Kier alpha value is -1.16. The Kier molecular flexibility index (Phi) is 2.74. The van der Waals surface area contributed by atoms with Crippen LogP contribution in [0.25, 0.3) is 0 Å². The van der Waals surface area contributed by atoms with Gasteiger partial charge in [-0.25, -0.2) is 9.97 Å². The largest absolute Gasteiger partial charge is 0.349 e. The predicted molar refractivity (Wildman–Crippen MR) is 63.4 cm³/mol. The second-order valence-electron chi connectivity index (χ2n) is 4.71. The molecule has 0 aromatic carbocycles. The summed E-state index contributed by atoms with van der Waals surface area (Å²) in [6.45, 7) is 2.26. The molecule has 0 bridgehead atoms. The molecule has 0 amide bonds. The zero-order chi connectivity index (χ0) is 10.8. The highest BCUT2D eigenvalue weighted by Crippen LogP contribution is 2.33. The van der Waals surface area contributed by atoms with Gasteiger partial charge in [0.25, 0.3) is 0 Å². The van der Waals surface area contributed by atoms with Gasteiger partial charge in [0.1, 0.15) is 12.1 Å². The summed E-state index contributed by atoms with van der Waals surface area (Å²) in [4.78, 5) is 10.9. The fourth-order valence-electron chi connectivity index (χ4n) is 2.53. The van der Waals surface area contributed by atoms with E-state index >= 15 is 0 Å². The van der Waals surface area contributed by atoms with Crippen molar-refractivity contribution in [2.45, 2.75) is 37.8 Å². The molecule has 2 heterocycles. The van der Waals surface area contributed by atoms with Crippen molar-refractivity contribution in [3.05, 3.63) is 18.6 Å². The van der Waals surface area contributed by atoms with E-state index < -0.39 is 0 Å². The molecular weight excluding hydrogens is 200 g/mol. The Bertz CT molecular complexity index is 330. The molecule has 1 aromatic heterocycles. The van der Waals surface area contributed by atoms with E-state index in [-0.39, 0.29) is 0 Å². The summed E-state index contributed by atoms with van der Waals surface area (Å²) in [5.74, 6) is 1.10. The third kappa shape index (κ3) is 2.02. The van der Waals surface area contributed by atoms with E-state index in [1.165, 1.54) is 32.2 Å². The summed E-state index contributed by atoms with van der Waals surface area (Å²) >= 11 is 0. The van der Waals surface area contributed by atoms with Crippen LogP contribution in [-0.4, -0.2) is 35.1 Å². The van der Waals surface area contributed by atoms with E-state index in [1.54, 1.807) is 6.33 Å². The van der Waals surface area contributed by atoms with Crippen LogP contribution in [0.2, 0.25) is 0 Å². The van der Waals surface area contributed by atoms with Crippen LogP contribution in [0.1, 0.15) is 25.7 Å². The Morgan fingerprint density at radius 3 is 2.81 bits per heavy atom. The van der Waals surface area contributed by atoms with Gasteiger partial charge < -0.3 is 10.2 Å². The maximum Gasteiger partial charge on any atom is 0.132 e. The van der Waals surface area contributed by atoms with Crippen LogP contribution >= 0.6 is 0 Å². The summed E-state index contributed by atoms with van der Waals surface area (Å²) < 4.78 is 0. The molecule has 86 valence electrons. The number of hydrogen-bond donors (Lipinski definition) is 1. The molecule has 1 unspecified atom stereocenters. The van der Waals surface area contributed by atoms with Crippen LogP contribution in [0.5, 0.6) is 0 Å². The molecule has 0 spiro atoms. The Labute approximate surface area is 96.1 Å². The molecule has 16 heavy (non-hydrogen) atoms. The Morgan fingerprint density at radius 1 is 1.25 bits per heavy atom. The lowest BCUT2D eigenvalue weighted by Crippen LogP contribution is -2.47. The van der Waals surface area contributed by atoms with E-state index in [0.717, 1.165) is 18.4 Å². The molecular formula is C12H18N4. The fourth-order valence-corrected chi connectivity index (χ4v) is 2.53. The maximum atomic E-state index is 4.40. The highest BCUT2D eigenvalue weighted by atomic mass is 15.3. The Balaban J connectivity index is 1.80. The summed E-state index contributed by atoms with van der Waals surface area (Å²) in [7, 11) is 0. The van der Waals surface area contributed by atoms with Gasteiger partial charge in [0.05, 0.1) is 0 Å². The smallest absolute Gasteiger partial charge is 0.132 e. The highest BCUT2D eigenvalue weighted by molar-refractivity contribution is 5.41. The van der Waals surface area contributed by atoms with Gasteiger partial charge in [-0.15, -0.1) is 0 Å². The minimum atomic E-state index is 0.621. The van der Waals surface area contributed by atoms with Crippen LogP contribution in [0.15, 0.2) is 18.6 Å². The topological polar surface area (TPSA) is 41.0 Å². The van der Waals surface area contributed by atoms with Gasteiger partial charge in [0.15, 0.2) is 0 Å². The molecule has 1 aliphatic heterocycles. The molecule has 4 nitrogen and oxygen atoms in total. The van der Waals surface area contributed by atoms with Crippen LogP contribution in [-0.2, 0) is 0 Å². The van der Waals surface area contributed by atoms with Crippen molar-refractivity contribution >= 4 is 5.82 Å². The van der Waals surface area contributed by atoms with Gasteiger partial charge in [0, 0.05) is 24.8 Å². The average molecular weight is 218 g/mol. The minimum Gasteiger partial charge on any atom is -0.349 e. The summed E-state index contributed by atoms with van der Waals surface area (Å²) in [5.41, 5.74) is 0. The number of aromatic nitrogens is 2. The molecule has 1 aromatic rings. The van der Waals surface area contributed by atoms with Crippen molar-refractivity contribution < 1.29 is 0 Å². The standard InChI is InChI=1S/C12H18N4/c1-2-11(8-13-6-1)16(10-3-4-10)12-5-7-14-9-15-12/h5,7,9-11,13H,1-4,6,8H2. The van der Waals surface area contributed by atoms with Crippen LogP contribution in [0.4, 0.5) is 5.82 Å². The van der Waals surface area contributed by atoms with Gasteiger partial charge in [0.2, 0.25) is 0 Å². The summed E-state index contributed by atoms with van der Waals surface area (Å²) in [5, 5.41) is 3.48. The molecule has 2 aliphatic rings. The van der Waals surface area contributed by atoms with Gasteiger partial charge >= 0.3 is 0 Å². The molecule has 1 atom stereocenters. The molecule has 1 saturated heterocycles. The van der Waals surface area contributed by atoms with Crippen molar-refractivity contribution in [3.63, 3.8) is 0 Å². The third-order valence-electron chi connectivity index (χ3n) is 3.44.